The lowest BCUT2D eigenvalue weighted by Gasteiger charge is -2.07. The van der Waals surface area contributed by atoms with Gasteiger partial charge >= 0.3 is 12.1 Å². The molecule has 6 heteroatoms. The van der Waals surface area contributed by atoms with Crippen LogP contribution in [0.4, 0.5) is 13.2 Å². The van der Waals surface area contributed by atoms with E-state index in [1.54, 1.807) is 31.2 Å². The Balaban J connectivity index is 2.26. The monoisotopic (exact) mass is 362 g/mol. The van der Waals surface area contributed by atoms with Crippen LogP contribution in [-0.4, -0.2) is 17.7 Å². The second-order valence-corrected chi connectivity index (χ2v) is 5.33. The van der Waals surface area contributed by atoms with E-state index in [4.69, 9.17) is 4.74 Å². The van der Waals surface area contributed by atoms with Crippen molar-refractivity contribution in [2.75, 3.05) is 6.61 Å². The fourth-order valence-electron chi connectivity index (χ4n) is 2.20. The Hall–Kier alpha value is -3.02. The maximum atomic E-state index is 12.6. The predicted molar refractivity (Wildman–Crippen MR) is 93.2 cm³/mol. The molecule has 136 valence electrons. The zero-order chi connectivity index (χ0) is 19.2. The van der Waals surface area contributed by atoms with Crippen LogP contribution in [0.5, 0.6) is 5.75 Å². The molecule has 0 atom stereocenters. The molecule has 3 nitrogen and oxygen atoms in total. The van der Waals surface area contributed by atoms with Crippen LogP contribution in [0, 0.1) is 0 Å². The highest BCUT2D eigenvalue weighted by atomic mass is 19.4. The molecule has 0 heterocycles. The Kier molecular flexibility index (Phi) is 6.22. The van der Waals surface area contributed by atoms with Crippen LogP contribution in [0.1, 0.15) is 23.6 Å². The van der Waals surface area contributed by atoms with Gasteiger partial charge in [0.2, 0.25) is 0 Å². The molecular weight excluding hydrogens is 345 g/mol. The first-order valence-corrected chi connectivity index (χ1v) is 7.83. The number of hydrogen-bond acceptors (Lipinski definition) is 3. The van der Waals surface area contributed by atoms with Crippen LogP contribution in [0.3, 0.4) is 0 Å². The summed E-state index contributed by atoms with van der Waals surface area (Å²) in [7, 11) is 0. The van der Waals surface area contributed by atoms with Crippen LogP contribution in [0.2, 0.25) is 0 Å². The number of ether oxygens (including phenoxy) is 1. The van der Waals surface area contributed by atoms with Gasteiger partial charge in [-0.3, -0.25) is 0 Å². The number of allylic oxidation sites excluding steroid dienone is 2. The van der Waals surface area contributed by atoms with Crippen molar-refractivity contribution in [3.8, 4) is 5.75 Å². The largest absolute Gasteiger partial charge is 0.508 e. The highest BCUT2D eigenvalue weighted by Gasteiger charge is 2.29. The normalized spacial score (nSPS) is 12.4. The Morgan fingerprint density at radius 2 is 1.85 bits per heavy atom. The number of phenols is 1. The molecule has 0 amide bonds. The summed E-state index contributed by atoms with van der Waals surface area (Å²) in [5, 5.41) is 9.58. The molecule has 0 bridgehead atoms. The molecular formula is C20H17F3O3. The van der Waals surface area contributed by atoms with E-state index < -0.39 is 17.7 Å². The second kappa shape index (κ2) is 8.38. The Bertz CT molecular complexity index is 819. The third kappa shape index (κ3) is 5.24. The molecule has 26 heavy (non-hydrogen) atoms. The molecule has 0 aromatic heterocycles. The smallest absolute Gasteiger partial charge is 0.416 e. The van der Waals surface area contributed by atoms with E-state index in [1.165, 1.54) is 30.3 Å². The van der Waals surface area contributed by atoms with Gasteiger partial charge in [0.05, 0.1) is 17.7 Å². The Morgan fingerprint density at radius 1 is 1.15 bits per heavy atom. The number of carbonyl (C=O) groups is 1. The average molecular weight is 362 g/mol. The molecule has 0 saturated carbocycles. The standard InChI is InChI=1S/C20H17F3O3/c1-2-26-19(25)18(15-6-4-7-17(24)13-15)8-3-5-14-9-11-16(12-10-14)20(21,22)23/h3-13,24H,2H2,1H3/b5-3+,18-8-. The summed E-state index contributed by atoms with van der Waals surface area (Å²) in [6, 6.07) is 10.8. The van der Waals surface area contributed by atoms with E-state index in [2.05, 4.69) is 0 Å². The van der Waals surface area contributed by atoms with E-state index in [0.717, 1.165) is 12.1 Å². The summed E-state index contributed by atoms with van der Waals surface area (Å²) in [5.74, 6) is -0.556. The lowest BCUT2D eigenvalue weighted by atomic mass is 10.0. The van der Waals surface area contributed by atoms with Gasteiger partial charge in [0.15, 0.2) is 0 Å². The summed E-state index contributed by atoms with van der Waals surface area (Å²) in [6.07, 6.45) is 0.222. The quantitative estimate of drug-likeness (QED) is 0.459. The number of aromatic hydroxyl groups is 1. The fourth-order valence-corrected chi connectivity index (χ4v) is 2.20. The van der Waals surface area contributed by atoms with Crippen molar-refractivity contribution in [1.29, 1.82) is 0 Å². The van der Waals surface area contributed by atoms with E-state index in [-0.39, 0.29) is 17.9 Å². The van der Waals surface area contributed by atoms with Crippen LogP contribution in [0.15, 0.2) is 60.7 Å². The molecule has 2 aromatic rings. The highest BCUT2D eigenvalue weighted by molar-refractivity contribution is 6.17. The van der Waals surface area contributed by atoms with Gasteiger partial charge in [-0.25, -0.2) is 4.79 Å². The number of benzene rings is 2. The second-order valence-electron chi connectivity index (χ2n) is 5.33. The van der Waals surface area contributed by atoms with E-state index >= 15 is 0 Å². The summed E-state index contributed by atoms with van der Waals surface area (Å²) in [6.45, 7) is 1.87. The van der Waals surface area contributed by atoms with Crippen LogP contribution < -0.4 is 0 Å². The number of carbonyl (C=O) groups excluding carboxylic acids is 1. The zero-order valence-corrected chi connectivity index (χ0v) is 14.0. The topological polar surface area (TPSA) is 46.5 Å². The molecule has 0 radical (unpaired) electrons. The molecule has 2 rings (SSSR count). The Morgan fingerprint density at radius 3 is 2.42 bits per heavy atom. The lowest BCUT2D eigenvalue weighted by Crippen LogP contribution is -2.06. The van der Waals surface area contributed by atoms with Crippen LogP contribution >= 0.6 is 0 Å². The zero-order valence-electron chi connectivity index (χ0n) is 14.0. The molecule has 0 aliphatic rings. The van der Waals surface area contributed by atoms with Crippen LogP contribution in [0.25, 0.3) is 11.6 Å². The summed E-state index contributed by atoms with van der Waals surface area (Å²) < 4.78 is 42.7. The first-order valence-electron chi connectivity index (χ1n) is 7.83. The Labute approximate surface area is 149 Å². The fraction of sp³-hybridized carbons (Fsp3) is 0.150. The van der Waals surface area contributed by atoms with Gasteiger partial charge < -0.3 is 9.84 Å². The van der Waals surface area contributed by atoms with Gasteiger partial charge in [0.25, 0.3) is 0 Å². The van der Waals surface area contributed by atoms with Gasteiger partial charge in [0, 0.05) is 0 Å². The predicted octanol–water partition coefficient (Wildman–Crippen LogP) is 5.07. The minimum atomic E-state index is -4.38. The molecule has 0 aliphatic carbocycles. The highest BCUT2D eigenvalue weighted by Crippen LogP contribution is 2.29. The van der Waals surface area contributed by atoms with Gasteiger partial charge in [-0.1, -0.05) is 36.4 Å². The van der Waals surface area contributed by atoms with Gasteiger partial charge in [-0.15, -0.1) is 0 Å². The molecule has 1 N–H and O–H groups in total. The van der Waals surface area contributed by atoms with E-state index in [0.29, 0.717) is 11.1 Å². The lowest BCUT2D eigenvalue weighted by molar-refractivity contribution is -0.138. The third-order valence-corrected chi connectivity index (χ3v) is 3.44. The van der Waals surface area contributed by atoms with Crippen molar-refractivity contribution in [3.63, 3.8) is 0 Å². The van der Waals surface area contributed by atoms with E-state index in [1.807, 2.05) is 0 Å². The van der Waals surface area contributed by atoms with Crippen molar-refractivity contribution in [2.24, 2.45) is 0 Å². The molecule has 2 aromatic carbocycles. The maximum absolute atomic E-state index is 12.6. The van der Waals surface area contributed by atoms with Crippen LogP contribution in [-0.2, 0) is 15.7 Å². The first-order chi connectivity index (χ1) is 12.3. The number of alkyl halides is 3. The van der Waals surface area contributed by atoms with Gasteiger partial charge in [-0.05, 0) is 48.4 Å². The summed E-state index contributed by atoms with van der Waals surface area (Å²) >= 11 is 0. The molecule has 0 spiro atoms. The van der Waals surface area contributed by atoms with Crippen molar-refractivity contribution < 1.29 is 27.8 Å². The SMILES string of the molecule is CCOC(=O)/C(=C\C=C\c1ccc(C(F)(F)F)cc1)c1cccc(O)c1. The molecule has 0 unspecified atom stereocenters. The van der Waals surface area contributed by atoms with Gasteiger partial charge in [0.1, 0.15) is 5.75 Å². The average Bonchev–Trinajstić information content (AvgIpc) is 2.58. The van der Waals surface area contributed by atoms with Gasteiger partial charge in [-0.2, -0.15) is 13.2 Å². The van der Waals surface area contributed by atoms with Crippen molar-refractivity contribution in [2.45, 2.75) is 13.1 Å². The number of esters is 1. The molecule has 0 fully saturated rings. The first kappa shape index (κ1) is 19.3. The summed E-state index contributed by atoms with van der Waals surface area (Å²) in [5.41, 5.74) is 0.525. The third-order valence-electron chi connectivity index (χ3n) is 3.44. The van der Waals surface area contributed by atoms with Crippen molar-refractivity contribution >= 4 is 17.6 Å². The minimum absolute atomic E-state index is 0.00409. The maximum Gasteiger partial charge on any atom is 0.416 e. The van der Waals surface area contributed by atoms with Crippen molar-refractivity contribution in [3.05, 3.63) is 77.4 Å². The van der Waals surface area contributed by atoms with E-state index in [9.17, 15) is 23.1 Å². The minimum Gasteiger partial charge on any atom is -0.508 e. The summed E-state index contributed by atoms with van der Waals surface area (Å²) in [4.78, 5) is 12.1. The molecule has 0 saturated heterocycles. The number of halogens is 3. The van der Waals surface area contributed by atoms with Crippen molar-refractivity contribution in [1.82, 2.24) is 0 Å². The number of hydrogen-bond donors (Lipinski definition) is 1. The molecule has 0 aliphatic heterocycles. The number of phenolic OH excluding ortho intramolecular Hbond substituents is 1. The number of rotatable bonds is 5.